The fraction of sp³-hybridized carbons (Fsp3) is 0.486. The number of aliphatic hydroxyl groups is 1. The third-order valence-electron chi connectivity index (χ3n) is 7.55. The Balaban J connectivity index is 1.24. The number of hydrogen-bond donors (Lipinski definition) is 3. The Kier molecular flexibility index (Phi) is 21.3. The fourth-order valence-corrected chi connectivity index (χ4v) is 5.54. The second-order valence-electron chi connectivity index (χ2n) is 11.9. The van der Waals surface area contributed by atoms with Crippen molar-refractivity contribution in [2.45, 2.75) is 44.9 Å². The fourth-order valence-electron chi connectivity index (χ4n) is 4.75. The smallest absolute Gasteiger partial charge is 0.472 e. The lowest BCUT2D eigenvalue weighted by Gasteiger charge is -2.24. The van der Waals surface area contributed by atoms with Crippen molar-refractivity contribution in [1.29, 1.82) is 0 Å². The van der Waals surface area contributed by atoms with Gasteiger partial charge in [-0.2, -0.15) is 4.98 Å². The summed E-state index contributed by atoms with van der Waals surface area (Å²) in [5.74, 6) is -0.543. The number of anilines is 2. The molecular formula is C35H48N7O15P. The molecule has 0 aliphatic rings. The lowest BCUT2D eigenvalue weighted by Crippen LogP contribution is -2.30. The Bertz CT molecular complexity index is 1780. The quantitative estimate of drug-likeness (QED) is 0.0271. The van der Waals surface area contributed by atoms with E-state index in [0.29, 0.717) is 43.3 Å². The molecule has 4 N–H and O–H groups in total. The number of aliphatic hydroxyl groups excluding tert-OH is 1. The van der Waals surface area contributed by atoms with Gasteiger partial charge in [0.1, 0.15) is 25.5 Å². The minimum atomic E-state index is -4.52. The molecule has 58 heavy (non-hydrogen) atoms. The molecule has 2 heterocycles. The molecule has 0 saturated heterocycles. The summed E-state index contributed by atoms with van der Waals surface area (Å²) in [6.07, 6.45) is 4.68. The molecule has 22 nitrogen and oxygen atoms in total. The van der Waals surface area contributed by atoms with Crippen molar-refractivity contribution < 1.29 is 71.2 Å². The second-order valence-corrected chi connectivity index (χ2v) is 13.3. The number of benzene rings is 1. The molecule has 2 aromatic heterocycles. The van der Waals surface area contributed by atoms with Crippen molar-refractivity contribution in [3.05, 3.63) is 53.5 Å². The number of carbonyl (C=O) groups is 4. The Hall–Kier alpha value is -5.51. The average Bonchev–Trinajstić information content (AvgIpc) is 3.68. The highest BCUT2D eigenvalue weighted by Gasteiger charge is 2.24. The van der Waals surface area contributed by atoms with Crippen LogP contribution in [0.25, 0.3) is 12.2 Å². The van der Waals surface area contributed by atoms with Gasteiger partial charge < -0.3 is 49.1 Å². The highest BCUT2D eigenvalue weighted by atomic mass is 31.2. The zero-order valence-corrected chi connectivity index (χ0v) is 32.8. The number of phosphoric acid groups is 1. The van der Waals surface area contributed by atoms with Crippen molar-refractivity contribution in [3.63, 3.8) is 0 Å². The van der Waals surface area contributed by atoms with Gasteiger partial charge in [0.05, 0.1) is 52.0 Å². The van der Waals surface area contributed by atoms with Gasteiger partial charge >= 0.3 is 19.8 Å². The maximum absolute atomic E-state index is 12.2. The van der Waals surface area contributed by atoms with Gasteiger partial charge in [-0.1, -0.05) is 23.4 Å². The van der Waals surface area contributed by atoms with E-state index in [9.17, 15) is 33.7 Å². The summed E-state index contributed by atoms with van der Waals surface area (Å²) in [4.78, 5) is 64.6. The van der Waals surface area contributed by atoms with Crippen molar-refractivity contribution in [2.75, 3.05) is 77.1 Å². The maximum Gasteiger partial charge on any atom is 0.472 e. The van der Waals surface area contributed by atoms with Gasteiger partial charge in [0.25, 0.3) is 12.9 Å². The minimum absolute atomic E-state index is 0.0388. The molecule has 3 rings (SSSR count). The van der Waals surface area contributed by atoms with Gasteiger partial charge in [0.15, 0.2) is 6.10 Å². The number of phosphoric ester groups is 1. The molecule has 0 aliphatic heterocycles. The van der Waals surface area contributed by atoms with Crippen molar-refractivity contribution in [3.8, 4) is 5.88 Å². The summed E-state index contributed by atoms with van der Waals surface area (Å²) >= 11 is 0. The third kappa shape index (κ3) is 19.1. The standard InChI is InChI=1S/C35H48N7O15P/c1-50-32-20-28(37-35(36)38-32)9-6-27-7-10-30(11-8-27)41(14-15-43)12-13-42-21-29(39-40-42)22-54-34(47)4-2-16-51-18-19-53-33(46)5-3-17-56-58(48,49)57-24-31(55-26-45)23-52-25-44/h6-11,20-21,25-26,31,43H,2-5,12-19,22-24H2,1H3,(H,48,49)(H2,36,37,38)/b9-6+. The van der Waals surface area contributed by atoms with Crippen LogP contribution in [0.4, 0.5) is 11.6 Å². The number of nitrogen functional groups attached to an aromatic ring is 1. The SMILES string of the molecule is COc1cc(/C=C/c2ccc(N(CCO)CCn3cc(COC(=O)CCCOCCOC(=O)CCCOP(=O)(O)OCC(COC=O)OC=O)nn3)cc2)nc(N)n1. The first-order valence-electron chi connectivity index (χ1n) is 17.9. The molecule has 0 amide bonds. The molecule has 0 spiro atoms. The van der Waals surface area contributed by atoms with Gasteiger partial charge in [-0.15, -0.1) is 5.10 Å². The number of methoxy groups -OCH3 is 1. The highest BCUT2D eigenvalue weighted by Crippen LogP contribution is 2.43. The number of nitrogens with two attached hydrogens (primary N) is 1. The van der Waals surface area contributed by atoms with E-state index >= 15 is 0 Å². The summed E-state index contributed by atoms with van der Waals surface area (Å²) < 4.78 is 52.8. The van der Waals surface area contributed by atoms with E-state index in [1.165, 1.54) is 7.11 Å². The van der Waals surface area contributed by atoms with Crippen LogP contribution in [-0.4, -0.2) is 132 Å². The summed E-state index contributed by atoms with van der Waals surface area (Å²) in [6, 6.07) is 9.46. The molecule has 1 aromatic carbocycles. The molecule has 3 aromatic rings. The van der Waals surface area contributed by atoms with Gasteiger partial charge in [-0.05, 0) is 36.6 Å². The topological polar surface area (TPSA) is 285 Å². The van der Waals surface area contributed by atoms with Crippen LogP contribution in [0.3, 0.4) is 0 Å². The number of hydrogen-bond acceptors (Lipinski definition) is 20. The molecule has 0 radical (unpaired) electrons. The number of carbonyl (C=O) groups excluding carboxylic acids is 4. The molecule has 0 fully saturated rings. The number of nitrogens with zero attached hydrogens (tertiary/aromatic N) is 6. The molecule has 2 unspecified atom stereocenters. The second kappa shape index (κ2) is 26.4. The molecule has 318 valence electrons. The molecule has 0 saturated carbocycles. The summed E-state index contributed by atoms with van der Waals surface area (Å²) in [5.41, 5.74) is 8.64. The lowest BCUT2D eigenvalue weighted by molar-refractivity contribution is -0.145. The monoisotopic (exact) mass is 837 g/mol. The van der Waals surface area contributed by atoms with Gasteiger partial charge in [-0.3, -0.25) is 32.9 Å². The largest absolute Gasteiger partial charge is 0.481 e. The van der Waals surface area contributed by atoms with Crippen LogP contribution in [0, 0.1) is 0 Å². The Labute approximate surface area is 333 Å². The summed E-state index contributed by atoms with van der Waals surface area (Å²) in [7, 11) is -3.02. The van der Waals surface area contributed by atoms with Crippen LogP contribution in [-0.2, 0) is 69.6 Å². The number of ether oxygens (including phenoxy) is 6. The maximum atomic E-state index is 12.2. The van der Waals surface area contributed by atoms with Crippen molar-refractivity contribution in [2.24, 2.45) is 0 Å². The van der Waals surface area contributed by atoms with Crippen LogP contribution in [0.15, 0.2) is 36.5 Å². The van der Waals surface area contributed by atoms with Crippen LogP contribution in [0.1, 0.15) is 42.6 Å². The first-order chi connectivity index (χ1) is 28.0. The van der Waals surface area contributed by atoms with E-state index in [1.54, 1.807) is 23.0 Å². The van der Waals surface area contributed by atoms with Crippen LogP contribution >= 0.6 is 7.82 Å². The van der Waals surface area contributed by atoms with E-state index in [0.717, 1.165) is 11.3 Å². The minimum Gasteiger partial charge on any atom is -0.481 e. The van der Waals surface area contributed by atoms with E-state index in [2.05, 4.69) is 34.3 Å². The van der Waals surface area contributed by atoms with E-state index < -0.39 is 32.5 Å². The van der Waals surface area contributed by atoms with Crippen molar-refractivity contribution in [1.82, 2.24) is 25.0 Å². The zero-order chi connectivity index (χ0) is 42.0. The van der Waals surface area contributed by atoms with Gasteiger partial charge in [0, 0.05) is 44.3 Å². The van der Waals surface area contributed by atoms with Crippen LogP contribution in [0.5, 0.6) is 5.88 Å². The molecule has 0 aliphatic carbocycles. The first-order valence-corrected chi connectivity index (χ1v) is 19.4. The van der Waals surface area contributed by atoms with E-state index in [4.69, 9.17) is 29.2 Å². The Morgan fingerprint density at radius 1 is 0.948 bits per heavy atom. The van der Waals surface area contributed by atoms with E-state index in [1.807, 2.05) is 35.2 Å². The first kappa shape index (κ1) is 46.9. The predicted octanol–water partition coefficient (Wildman–Crippen LogP) is 1.34. The van der Waals surface area contributed by atoms with Crippen LogP contribution in [0.2, 0.25) is 0 Å². The van der Waals surface area contributed by atoms with Crippen LogP contribution < -0.4 is 15.4 Å². The van der Waals surface area contributed by atoms with Crippen molar-refractivity contribution >= 4 is 56.5 Å². The van der Waals surface area contributed by atoms with E-state index in [-0.39, 0.29) is 84.4 Å². The Morgan fingerprint density at radius 3 is 2.43 bits per heavy atom. The number of esters is 2. The van der Waals surface area contributed by atoms with Gasteiger partial charge in [0.2, 0.25) is 11.8 Å². The number of rotatable bonds is 31. The molecule has 23 heteroatoms. The number of aromatic nitrogens is 5. The highest BCUT2D eigenvalue weighted by molar-refractivity contribution is 7.47. The Morgan fingerprint density at radius 2 is 1.71 bits per heavy atom. The summed E-state index contributed by atoms with van der Waals surface area (Å²) in [6.45, 7) is 0.503. The zero-order valence-electron chi connectivity index (χ0n) is 31.9. The third-order valence-corrected chi connectivity index (χ3v) is 8.54. The summed E-state index contributed by atoms with van der Waals surface area (Å²) in [5, 5.41) is 17.8. The lowest BCUT2D eigenvalue weighted by atomic mass is 10.1. The average molecular weight is 838 g/mol. The molecular weight excluding hydrogens is 789 g/mol. The molecule has 2 atom stereocenters. The normalized spacial score (nSPS) is 12.7. The van der Waals surface area contributed by atoms with Gasteiger partial charge in [-0.25, -0.2) is 9.55 Å². The molecule has 0 bridgehead atoms. The predicted molar refractivity (Wildman–Crippen MR) is 202 cm³/mol.